The Morgan fingerprint density at radius 1 is 1.26 bits per heavy atom. The van der Waals surface area contributed by atoms with Gasteiger partial charge in [0.05, 0.1) is 25.0 Å². The highest BCUT2D eigenvalue weighted by Crippen LogP contribution is 2.34. The highest BCUT2D eigenvalue weighted by Gasteiger charge is 2.27. The van der Waals surface area contributed by atoms with Crippen molar-refractivity contribution in [3.63, 3.8) is 0 Å². The predicted octanol–water partition coefficient (Wildman–Crippen LogP) is 2.42. The van der Waals surface area contributed by atoms with Gasteiger partial charge in [-0.3, -0.25) is 4.79 Å². The number of fused-ring (bicyclic) bond motifs is 2. The van der Waals surface area contributed by atoms with Crippen LogP contribution in [-0.2, 0) is 9.53 Å². The minimum atomic E-state index is 0.0596. The molecule has 0 spiro atoms. The fourth-order valence-corrected chi connectivity index (χ4v) is 4.09. The smallest absolute Gasteiger partial charge is 0.239 e. The van der Waals surface area contributed by atoms with Gasteiger partial charge in [0.15, 0.2) is 11.6 Å². The molecule has 5 rings (SSSR count). The largest absolute Gasteiger partial charge is 0.383 e. The van der Waals surface area contributed by atoms with Gasteiger partial charge in [-0.25, -0.2) is 9.97 Å². The molecule has 1 fully saturated rings. The number of amides is 1. The Hall–Kier alpha value is -3.13. The van der Waals surface area contributed by atoms with Gasteiger partial charge in [0.2, 0.25) is 5.91 Å². The first-order valence-corrected chi connectivity index (χ1v) is 10.9. The number of rotatable bonds is 8. The van der Waals surface area contributed by atoms with Crippen LogP contribution in [0, 0.1) is 5.92 Å². The number of hydrogen-bond acceptors (Lipinski definition) is 6. The van der Waals surface area contributed by atoms with Crippen LogP contribution in [0.1, 0.15) is 12.8 Å². The summed E-state index contributed by atoms with van der Waals surface area (Å²) in [5, 5.41) is 4.16. The SMILES string of the molecule is COCCN1CCN(CC(=O)NCC2CC2)c2cnc(-c3cccc4[nH]ccc34)nc21. The highest BCUT2D eigenvalue weighted by molar-refractivity contribution is 5.94. The number of nitrogens with zero attached hydrogens (tertiary/aromatic N) is 4. The molecule has 1 amide bonds. The van der Waals surface area contributed by atoms with Crippen LogP contribution in [0.4, 0.5) is 11.5 Å². The van der Waals surface area contributed by atoms with E-state index in [1.807, 2.05) is 36.7 Å². The third-order valence-electron chi connectivity index (χ3n) is 6.05. The fourth-order valence-electron chi connectivity index (χ4n) is 4.09. The number of aromatic amines is 1. The number of ether oxygens (including phenoxy) is 1. The summed E-state index contributed by atoms with van der Waals surface area (Å²) in [5.74, 6) is 2.27. The van der Waals surface area contributed by atoms with Crippen LogP contribution < -0.4 is 15.1 Å². The van der Waals surface area contributed by atoms with Crippen molar-refractivity contribution in [3.05, 3.63) is 36.7 Å². The molecule has 31 heavy (non-hydrogen) atoms. The van der Waals surface area contributed by atoms with Gasteiger partial charge in [0.25, 0.3) is 0 Å². The second-order valence-electron chi connectivity index (χ2n) is 8.30. The Morgan fingerprint density at radius 2 is 2.13 bits per heavy atom. The topological polar surface area (TPSA) is 86.4 Å². The zero-order valence-corrected chi connectivity index (χ0v) is 17.8. The number of anilines is 2. The molecular formula is C23H28N6O2. The lowest BCUT2D eigenvalue weighted by Gasteiger charge is -2.37. The van der Waals surface area contributed by atoms with E-state index in [1.54, 1.807) is 7.11 Å². The van der Waals surface area contributed by atoms with Crippen molar-refractivity contribution in [2.45, 2.75) is 12.8 Å². The zero-order chi connectivity index (χ0) is 21.2. The standard InChI is InChI=1S/C23H28N6O2/c1-31-12-11-28-9-10-29(15-21(30)25-13-16-5-6-16)20-14-26-22(27-23(20)28)18-3-2-4-19-17(18)7-8-24-19/h2-4,7-8,14,16,24H,5-6,9-13,15H2,1H3,(H,25,30). The summed E-state index contributed by atoms with van der Waals surface area (Å²) < 4.78 is 5.31. The van der Waals surface area contributed by atoms with Crippen LogP contribution in [0.2, 0.25) is 0 Å². The Balaban J connectivity index is 1.44. The highest BCUT2D eigenvalue weighted by atomic mass is 16.5. The minimum absolute atomic E-state index is 0.0596. The van der Waals surface area contributed by atoms with E-state index in [-0.39, 0.29) is 5.91 Å². The van der Waals surface area contributed by atoms with Crippen molar-refractivity contribution < 1.29 is 9.53 Å². The second kappa shape index (κ2) is 8.55. The van der Waals surface area contributed by atoms with Crippen molar-refractivity contribution in [2.75, 3.05) is 56.2 Å². The maximum atomic E-state index is 12.5. The van der Waals surface area contributed by atoms with Crippen molar-refractivity contribution in [3.8, 4) is 11.4 Å². The molecule has 3 heterocycles. The van der Waals surface area contributed by atoms with Gasteiger partial charge >= 0.3 is 0 Å². The van der Waals surface area contributed by atoms with E-state index in [0.29, 0.717) is 24.9 Å². The van der Waals surface area contributed by atoms with Gasteiger partial charge in [-0.05, 0) is 30.9 Å². The van der Waals surface area contributed by atoms with E-state index in [9.17, 15) is 4.79 Å². The summed E-state index contributed by atoms with van der Waals surface area (Å²) >= 11 is 0. The molecule has 1 aliphatic heterocycles. The van der Waals surface area contributed by atoms with Gasteiger partial charge in [-0.15, -0.1) is 0 Å². The molecule has 2 aromatic heterocycles. The summed E-state index contributed by atoms with van der Waals surface area (Å²) in [6.45, 7) is 4.02. The number of methoxy groups -OCH3 is 1. The van der Waals surface area contributed by atoms with Gasteiger partial charge < -0.3 is 24.8 Å². The number of H-pyrrole nitrogens is 1. The number of benzene rings is 1. The average Bonchev–Trinajstić information content (AvgIpc) is 3.50. The number of hydrogen-bond donors (Lipinski definition) is 2. The molecule has 2 aliphatic rings. The van der Waals surface area contributed by atoms with E-state index in [2.05, 4.69) is 20.1 Å². The normalized spacial score (nSPS) is 15.9. The lowest BCUT2D eigenvalue weighted by atomic mass is 10.1. The number of carbonyl (C=O) groups excluding carboxylic acids is 1. The first-order valence-electron chi connectivity index (χ1n) is 10.9. The quantitative estimate of drug-likeness (QED) is 0.582. The third-order valence-corrected chi connectivity index (χ3v) is 6.05. The molecule has 0 bridgehead atoms. The molecule has 8 nitrogen and oxygen atoms in total. The molecule has 162 valence electrons. The molecule has 0 saturated heterocycles. The fraction of sp³-hybridized carbons (Fsp3) is 0.435. The van der Waals surface area contributed by atoms with E-state index >= 15 is 0 Å². The van der Waals surface area contributed by atoms with Crippen LogP contribution in [0.15, 0.2) is 36.7 Å². The Kier molecular flexibility index (Phi) is 5.46. The Morgan fingerprint density at radius 3 is 2.97 bits per heavy atom. The monoisotopic (exact) mass is 420 g/mol. The molecule has 0 atom stereocenters. The van der Waals surface area contributed by atoms with Crippen molar-refractivity contribution in [1.82, 2.24) is 20.3 Å². The summed E-state index contributed by atoms with van der Waals surface area (Å²) in [5.41, 5.74) is 2.95. The molecule has 1 aliphatic carbocycles. The van der Waals surface area contributed by atoms with Crippen LogP contribution >= 0.6 is 0 Å². The van der Waals surface area contributed by atoms with E-state index < -0.39 is 0 Å². The van der Waals surface area contributed by atoms with Crippen LogP contribution in [0.3, 0.4) is 0 Å². The summed E-state index contributed by atoms with van der Waals surface area (Å²) in [7, 11) is 1.71. The predicted molar refractivity (Wildman–Crippen MR) is 121 cm³/mol. The maximum absolute atomic E-state index is 12.5. The molecule has 2 N–H and O–H groups in total. The van der Waals surface area contributed by atoms with E-state index in [1.165, 1.54) is 12.8 Å². The second-order valence-corrected chi connectivity index (χ2v) is 8.30. The van der Waals surface area contributed by atoms with Crippen LogP contribution in [0.5, 0.6) is 0 Å². The van der Waals surface area contributed by atoms with Crippen LogP contribution in [-0.4, -0.2) is 67.3 Å². The average molecular weight is 421 g/mol. The van der Waals surface area contributed by atoms with Gasteiger partial charge in [-0.2, -0.15) is 0 Å². The number of aromatic nitrogens is 3. The number of carbonyl (C=O) groups is 1. The molecule has 0 unspecified atom stereocenters. The summed E-state index contributed by atoms with van der Waals surface area (Å²) in [6, 6.07) is 8.15. The van der Waals surface area contributed by atoms with Crippen molar-refractivity contribution >= 4 is 28.3 Å². The minimum Gasteiger partial charge on any atom is -0.383 e. The van der Waals surface area contributed by atoms with Gasteiger partial charge in [0.1, 0.15) is 0 Å². The first-order chi connectivity index (χ1) is 15.2. The molecule has 1 saturated carbocycles. The zero-order valence-electron chi connectivity index (χ0n) is 17.8. The van der Waals surface area contributed by atoms with Crippen molar-refractivity contribution in [1.29, 1.82) is 0 Å². The summed E-state index contributed by atoms with van der Waals surface area (Å²) in [6.07, 6.45) is 6.24. The molecular weight excluding hydrogens is 392 g/mol. The third kappa shape index (κ3) is 4.20. The van der Waals surface area contributed by atoms with E-state index in [4.69, 9.17) is 14.7 Å². The summed E-state index contributed by atoms with van der Waals surface area (Å²) in [4.78, 5) is 29.7. The van der Waals surface area contributed by atoms with Gasteiger partial charge in [0, 0.05) is 56.0 Å². The molecule has 1 aromatic carbocycles. The molecule has 8 heteroatoms. The van der Waals surface area contributed by atoms with Gasteiger partial charge in [-0.1, -0.05) is 12.1 Å². The lowest BCUT2D eigenvalue weighted by molar-refractivity contribution is -0.119. The lowest BCUT2D eigenvalue weighted by Crippen LogP contribution is -2.47. The molecule has 3 aromatic rings. The van der Waals surface area contributed by atoms with Crippen molar-refractivity contribution in [2.24, 2.45) is 5.92 Å². The first kappa shape index (κ1) is 19.8. The number of nitrogens with one attached hydrogen (secondary N) is 2. The maximum Gasteiger partial charge on any atom is 0.239 e. The van der Waals surface area contributed by atoms with E-state index in [0.717, 1.165) is 54.2 Å². The van der Waals surface area contributed by atoms with Crippen LogP contribution in [0.25, 0.3) is 22.3 Å². The molecule has 0 radical (unpaired) electrons. The Labute approximate surface area is 181 Å². The Bertz CT molecular complexity index is 1080.